The molecule has 1 aromatic heterocycles. The molecule has 4 aliphatic heterocycles. The van der Waals surface area contributed by atoms with E-state index >= 15 is 0 Å². The molecule has 4 aliphatic rings. The van der Waals surface area contributed by atoms with Crippen molar-refractivity contribution in [2.24, 2.45) is 0 Å². The van der Waals surface area contributed by atoms with E-state index in [1.165, 1.54) is 22.5 Å². The van der Waals surface area contributed by atoms with Gasteiger partial charge in [0.05, 0.1) is 41.0 Å². The van der Waals surface area contributed by atoms with Crippen molar-refractivity contribution in [2.45, 2.75) is 89.0 Å². The van der Waals surface area contributed by atoms with E-state index in [2.05, 4.69) is 51.3 Å². The van der Waals surface area contributed by atoms with E-state index in [1.807, 2.05) is 18.2 Å². The minimum absolute atomic E-state index is 0.0323. The second-order valence-corrected chi connectivity index (χ2v) is 14.9. The molecule has 3 atom stereocenters. The van der Waals surface area contributed by atoms with Crippen molar-refractivity contribution in [2.75, 3.05) is 17.2 Å². The highest BCUT2D eigenvalue weighted by molar-refractivity contribution is 7.85. The third-order valence-electron chi connectivity index (χ3n) is 10.1. The van der Waals surface area contributed by atoms with Crippen LogP contribution in [0.15, 0.2) is 59.8 Å². The maximum Gasteiger partial charge on any atom is 0.303 e. The van der Waals surface area contributed by atoms with Crippen LogP contribution in [-0.4, -0.2) is 53.1 Å². The first-order valence-electron chi connectivity index (χ1n) is 15.9. The number of hydrogen-bond donors (Lipinski definition) is 1. The summed E-state index contributed by atoms with van der Waals surface area (Å²) in [5.41, 5.74) is 7.72. The van der Waals surface area contributed by atoms with E-state index in [4.69, 9.17) is 21.4 Å². The number of aryl methyl sites for hydroxylation is 2. The molecule has 0 aliphatic carbocycles. The van der Waals surface area contributed by atoms with Crippen molar-refractivity contribution in [3.8, 4) is 0 Å². The number of imidazole rings is 1. The van der Waals surface area contributed by atoms with Gasteiger partial charge in [0, 0.05) is 58.6 Å². The minimum atomic E-state index is -4.34. The Labute approximate surface area is 268 Å². The molecule has 11 heteroatoms. The zero-order valence-electron chi connectivity index (χ0n) is 25.4. The lowest BCUT2D eigenvalue weighted by Crippen LogP contribution is -2.49. The number of para-hydroxylation sites is 1. The number of unbranched alkanes of at least 4 members (excludes halogenated alkanes) is 2. The first kappa shape index (κ1) is 30.5. The molecule has 238 valence electrons. The number of halogens is 1. The average Bonchev–Trinajstić information content (AvgIpc) is 3.44. The lowest BCUT2D eigenvalue weighted by molar-refractivity contribution is -0.679. The van der Waals surface area contributed by atoms with Crippen LogP contribution in [0, 0.1) is 0 Å². The Kier molecular flexibility index (Phi) is 7.83. The van der Waals surface area contributed by atoms with Gasteiger partial charge >= 0.3 is 5.97 Å². The molecule has 9 nitrogen and oxygen atoms in total. The fourth-order valence-electron chi connectivity index (χ4n) is 8.16. The van der Waals surface area contributed by atoms with E-state index in [-0.39, 0.29) is 30.5 Å². The van der Waals surface area contributed by atoms with Crippen molar-refractivity contribution < 1.29 is 32.2 Å². The topological polar surface area (TPSA) is 116 Å². The quantitative estimate of drug-likeness (QED) is 0.174. The van der Waals surface area contributed by atoms with Gasteiger partial charge in [-0.05, 0) is 62.4 Å². The average molecular weight is 652 g/mol. The first-order valence-corrected chi connectivity index (χ1v) is 17.9. The summed E-state index contributed by atoms with van der Waals surface area (Å²) in [6.45, 7) is 4.31. The molecule has 3 unspecified atom stereocenters. The van der Waals surface area contributed by atoms with Gasteiger partial charge in [0.15, 0.2) is 11.0 Å². The molecule has 1 N–H and O–H groups in total. The molecular weight excluding hydrogens is 614 g/mol. The molecule has 5 heterocycles. The van der Waals surface area contributed by atoms with Gasteiger partial charge in [-0.2, -0.15) is 0 Å². The van der Waals surface area contributed by atoms with Crippen LogP contribution in [0.2, 0.25) is 5.02 Å². The monoisotopic (exact) mass is 651 g/mol. The van der Waals surface area contributed by atoms with E-state index in [0.29, 0.717) is 18.0 Å². The second-order valence-electron chi connectivity index (χ2n) is 12.9. The molecule has 0 bridgehead atoms. The van der Waals surface area contributed by atoms with Crippen molar-refractivity contribution in [3.63, 3.8) is 0 Å². The van der Waals surface area contributed by atoms with Crippen LogP contribution in [0.25, 0.3) is 16.6 Å². The summed E-state index contributed by atoms with van der Waals surface area (Å²) in [6, 6.07) is 14.4. The normalized spacial score (nSPS) is 23.7. The molecule has 0 amide bonds. The van der Waals surface area contributed by atoms with E-state index < -0.39 is 21.8 Å². The number of ether oxygens (including phenoxy) is 1. The Balaban J connectivity index is 1.35. The summed E-state index contributed by atoms with van der Waals surface area (Å²) in [4.78, 5) is 13.6. The standard InChI is InChI=1S/C34H38ClN3O6S/c1-34(15-6-2-3-10-31(39)40)25-8-4-5-9-26(25)36-17-13-29-23(32(34)36)21-24-30(44-29)14-18-38-27-12-11-22(35)20-28(27)37(33(24)38)16-7-19-45(41,42)43/h4-5,8-9,11-12,20-21,29-30H,2-3,6-7,10,13-19H2,1H3,(H-,39,40,41,42,43). The Morgan fingerprint density at radius 3 is 2.76 bits per heavy atom. The second kappa shape index (κ2) is 11.6. The smallest absolute Gasteiger partial charge is 0.303 e. The first-order chi connectivity index (χ1) is 21.5. The number of fused-ring (bicyclic) bond motifs is 9. The predicted octanol–water partition coefficient (Wildman–Crippen LogP) is 5.54. The number of rotatable bonds is 10. The molecule has 3 aromatic rings. The van der Waals surface area contributed by atoms with Gasteiger partial charge in [-0.15, -0.1) is 0 Å². The van der Waals surface area contributed by atoms with Gasteiger partial charge < -0.3 is 19.3 Å². The lowest BCUT2D eigenvalue weighted by atomic mass is 9.73. The van der Waals surface area contributed by atoms with Crippen LogP contribution in [0.1, 0.15) is 69.7 Å². The van der Waals surface area contributed by atoms with Crippen LogP contribution in [0.3, 0.4) is 0 Å². The number of aliphatic carboxylic acids is 1. The van der Waals surface area contributed by atoms with Gasteiger partial charge in [0.2, 0.25) is 0 Å². The van der Waals surface area contributed by atoms with Crippen LogP contribution in [0.5, 0.6) is 0 Å². The molecule has 7 rings (SSSR count). The van der Waals surface area contributed by atoms with E-state index in [0.717, 1.165) is 67.6 Å². The van der Waals surface area contributed by atoms with Crippen LogP contribution >= 0.6 is 11.6 Å². The van der Waals surface area contributed by atoms with Gasteiger partial charge in [-0.1, -0.05) is 42.6 Å². The summed E-state index contributed by atoms with van der Waals surface area (Å²) in [6.07, 6.45) is 7.65. The minimum Gasteiger partial charge on any atom is -0.748 e. The Hall–Kier alpha value is -3.18. The van der Waals surface area contributed by atoms with Gasteiger partial charge in [0.25, 0.3) is 5.82 Å². The van der Waals surface area contributed by atoms with Crippen LogP contribution in [-0.2, 0) is 38.2 Å². The van der Waals surface area contributed by atoms with Gasteiger partial charge in [-0.3, -0.25) is 4.79 Å². The zero-order valence-corrected chi connectivity index (χ0v) is 26.9. The Morgan fingerprint density at radius 1 is 1.13 bits per heavy atom. The number of anilines is 1. The largest absolute Gasteiger partial charge is 0.748 e. The van der Waals surface area contributed by atoms with Crippen molar-refractivity contribution in [1.29, 1.82) is 0 Å². The number of allylic oxidation sites excluding steroid dienone is 1. The summed E-state index contributed by atoms with van der Waals surface area (Å²) in [7, 11) is -4.34. The molecule has 45 heavy (non-hydrogen) atoms. The summed E-state index contributed by atoms with van der Waals surface area (Å²) < 4.78 is 45.8. The molecule has 0 spiro atoms. The fourth-order valence-corrected chi connectivity index (χ4v) is 8.81. The highest BCUT2D eigenvalue weighted by atomic mass is 35.5. The maximum absolute atomic E-state index is 11.5. The number of carboxylic acid groups (broad SMARTS) is 1. The number of hydrogen-bond acceptors (Lipinski definition) is 6. The van der Waals surface area contributed by atoms with Crippen molar-refractivity contribution in [1.82, 2.24) is 4.57 Å². The Morgan fingerprint density at radius 2 is 1.96 bits per heavy atom. The molecule has 0 saturated carbocycles. The molecule has 0 radical (unpaired) electrons. The molecular formula is C34H38ClN3O6S. The number of carboxylic acids is 1. The SMILES string of the molecule is CC1(CCCCCC(=O)O)C2=C3C=C4c5n(CCCS(=O)(=O)[O-])c6cc(Cl)ccc6[n+]5CCC4OC3CCN2c2ccccc21. The summed E-state index contributed by atoms with van der Waals surface area (Å²) >= 11 is 6.45. The number of aromatic nitrogens is 2. The third-order valence-corrected chi connectivity index (χ3v) is 11.1. The van der Waals surface area contributed by atoms with E-state index in [9.17, 15) is 17.8 Å². The fraction of sp³-hybridized carbons (Fsp3) is 0.471. The predicted molar refractivity (Wildman–Crippen MR) is 171 cm³/mol. The molecule has 2 aromatic carbocycles. The summed E-state index contributed by atoms with van der Waals surface area (Å²) in [5.74, 6) is -0.208. The van der Waals surface area contributed by atoms with Gasteiger partial charge in [0.1, 0.15) is 0 Å². The number of nitrogens with zero attached hydrogens (tertiary/aromatic N) is 3. The number of carbonyl (C=O) groups is 1. The van der Waals surface area contributed by atoms with Gasteiger partial charge in [-0.25, -0.2) is 17.6 Å². The summed E-state index contributed by atoms with van der Waals surface area (Å²) in [5, 5.41) is 9.73. The third kappa shape index (κ3) is 5.39. The van der Waals surface area contributed by atoms with Crippen molar-refractivity contribution >= 4 is 50.0 Å². The molecule has 0 fully saturated rings. The van der Waals surface area contributed by atoms with Crippen LogP contribution in [0.4, 0.5) is 5.69 Å². The maximum atomic E-state index is 11.5. The highest BCUT2D eigenvalue weighted by Crippen LogP contribution is 2.55. The lowest BCUT2D eigenvalue weighted by Gasteiger charge is -2.42. The Bertz CT molecular complexity index is 1860. The number of benzene rings is 2. The van der Waals surface area contributed by atoms with E-state index in [1.54, 1.807) is 0 Å². The van der Waals surface area contributed by atoms with Crippen molar-refractivity contribution in [3.05, 3.63) is 76.2 Å². The zero-order chi connectivity index (χ0) is 31.5. The van der Waals surface area contributed by atoms with Crippen LogP contribution < -0.4 is 9.47 Å². The molecule has 0 saturated heterocycles. The highest BCUT2D eigenvalue weighted by Gasteiger charge is 2.50.